The minimum Gasteiger partial charge on any atom is -0.253 e. The zero-order chi connectivity index (χ0) is 13.1. The first kappa shape index (κ1) is 11.9. The van der Waals surface area contributed by atoms with Crippen LogP contribution in [0.15, 0.2) is 60.7 Å². The van der Waals surface area contributed by atoms with Gasteiger partial charge in [0.05, 0.1) is 5.69 Å². The molecule has 94 valence electrons. The van der Waals surface area contributed by atoms with Gasteiger partial charge in [-0.1, -0.05) is 48.6 Å². The van der Waals surface area contributed by atoms with Crippen LogP contribution in [0.1, 0.15) is 24.2 Å². The van der Waals surface area contributed by atoms with E-state index in [1.807, 2.05) is 6.07 Å². The summed E-state index contributed by atoms with van der Waals surface area (Å²) in [5, 5.41) is 0. The quantitative estimate of drug-likeness (QED) is 0.743. The largest absolute Gasteiger partial charge is 0.253 e. The Morgan fingerprint density at radius 3 is 2.53 bits per heavy atom. The summed E-state index contributed by atoms with van der Waals surface area (Å²) in [6.45, 7) is 2.06. The fourth-order valence-electron chi connectivity index (χ4n) is 2.42. The van der Waals surface area contributed by atoms with Crippen molar-refractivity contribution in [2.45, 2.75) is 19.8 Å². The summed E-state index contributed by atoms with van der Waals surface area (Å²) in [5.41, 5.74) is 5.87. The molecule has 1 aliphatic rings. The van der Waals surface area contributed by atoms with E-state index in [4.69, 9.17) is 0 Å². The number of nitrogens with zero attached hydrogens (tertiary/aromatic N) is 1. The molecule has 2 aromatic rings. The molecule has 0 saturated heterocycles. The maximum atomic E-state index is 4.66. The monoisotopic (exact) mass is 247 g/mol. The summed E-state index contributed by atoms with van der Waals surface area (Å²) in [7, 11) is 0. The SMILES string of the molecule is Cc1cc(-c2ccccc2)cc(C2=CCCC=C2)n1. The maximum Gasteiger partial charge on any atom is 0.0708 e. The molecule has 1 nitrogen and oxygen atoms in total. The summed E-state index contributed by atoms with van der Waals surface area (Å²) in [6.07, 6.45) is 8.93. The topological polar surface area (TPSA) is 12.9 Å². The molecule has 19 heavy (non-hydrogen) atoms. The van der Waals surface area contributed by atoms with Crippen molar-refractivity contribution >= 4 is 5.57 Å². The third kappa shape index (κ3) is 2.65. The predicted octanol–water partition coefficient (Wildman–Crippen LogP) is 4.79. The lowest BCUT2D eigenvalue weighted by Gasteiger charge is -2.10. The molecular formula is C18H17N. The lowest BCUT2D eigenvalue weighted by atomic mass is 9.99. The molecule has 0 fully saturated rings. The van der Waals surface area contributed by atoms with E-state index in [0.717, 1.165) is 24.2 Å². The Morgan fingerprint density at radius 2 is 1.79 bits per heavy atom. The van der Waals surface area contributed by atoms with Crippen LogP contribution in [0.25, 0.3) is 16.7 Å². The third-order valence-corrected chi connectivity index (χ3v) is 3.35. The van der Waals surface area contributed by atoms with Gasteiger partial charge in [-0.2, -0.15) is 0 Å². The standard InChI is InChI=1S/C18H17N/c1-14-12-17(15-8-4-2-5-9-15)13-18(19-14)16-10-6-3-7-11-16/h2,4-6,8-13H,3,7H2,1H3. The number of hydrogen-bond donors (Lipinski definition) is 0. The molecule has 1 heterocycles. The highest BCUT2D eigenvalue weighted by molar-refractivity contribution is 5.76. The Kier molecular flexibility index (Phi) is 3.28. The number of aromatic nitrogens is 1. The molecule has 0 bridgehead atoms. The number of benzene rings is 1. The van der Waals surface area contributed by atoms with E-state index >= 15 is 0 Å². The summed E-state index contributed by atoms with van der Waals surface area (Å²) in [6, 6.07) is 14.8. The van der Waals surface area contributed by atoms with Gasteiger partial charge in [-0.05, 0) is 48.6 Å². The van der Waals surface area contributed by atoms with E-state index in [9.17, 15) is 0 Å². The minimum absolute atomic E-state index is 1.07. The van der Waals surface area contributed by atoms with Gasteiger partial charge < -0.3 is 0 Å². The van der Waals surface area contributed by atoms with Crippen molar-refractivity contribution in [3.63, 3.8) is 0 Å². The first-order valence-corrected chi connectivity index (χ1v) is 6.74. The molecule has 0 atom stereocenters. The molecule has 3 rings (SSSR count). The number of allylic oxidation sites excluding steroid dienone is 4. The summed E-state index contributed by atoms with van der Waals surface area (Å²) in [4.78, 5) is 4.66. The van der Waals surface area contributed by atoms with E-state index in [1.54, 1.807) is 0 Å². The number of pyridine rings is 1. The molecule has 1 aromatic heterocycles. The average Bonchev–Trinajstić information content (AvgIpc) is 2.48. The van der Waals surface area contributed by atoms with Crippen LogP contribution in [-0.4, -0.2) is 4.98 Å². The molecule has 0 N–H and O–H groups in total. The summed E-state index contributed by atoms with van der Waals surface area (Å²) < 4.78 is 0. The molecule has 1 aliphatic carbocycles. The van der Waals surface area contributed by atoms with Crippen LogP contribution in [0.4, 0.5) is 0 Å². The molecule has 1 aromatic carbocycles. The van der Waals surface area contributed by atoms with Gasteiger partial charge in [-0.3, -0.25) is 4.98 Å². The van der Waals surface area contributed by atoms with Crippen LogP contribution in [0, 0.1) is 6.92 Å². The molecular weight excluding hydrogens is 230 g/mol. The van der Waals surface area contributed by atoms with E-state index in [-0.39, 0.29) is 0 Å². The van der Waals surface area contributed by atoms with Gasteiger partial charge in [0.1, 0.15) is 0 Å². The number of aryl methyl sites for hydroxylation is 1. The highest BCUT2D eigenvalue weighted by atomic mass is 14.7. The number of rotatable bonds is 2. The van der Waals surface area contributed by atoms with E-state index < -0.39 is 0 Å². The molecule has 0 aliphatic heterocycles. The summed E-state index contributed by atoms with van der Waals surface area (Å²) >= 11 is 0. The van der Waals surface area contributed by atoms with Gasteiger partial charge in [0, 0.05) is 5.69 Å². The molecule has 0 saturated carbocycles. The fraction of sp³-hybridized carbons (Fsp3) is 0.167. The van der Waals surface area contributed by atoms with Crippen molar-refractivity contribution in [1.29, 1.82) is 0 Å². The smallest absolute Gasteiger partial charge is 0.0708 e. The van der Waals surface area contributed by atoms with Gasteiger partial charge in [0.25, 0.3) is 0 Å². The lowest BCUT2D eigenvalue weighted by Crippen LogP contribution is -1.94. The number of hydrogen-bond acceptors (Lipinski definition) is 1. The van der Waals surface area contributed by atoms with Crippen LogP contribution >= 0.6 is 0 Å². The highest BCUT2D eigenvalue weighted by Crippen LogP contribution is 2.26. The van der Waals surface area contributed by atoms with Crippen molar-refractivity contribution in [3.8, 4) is 11.1 Å². The lowest BCUT2D eigenvalue weighted by molar-refractivity contribution is 1.03. The van der Waals surface area contributed by atoms with Gasteiger partial charge in [-0.25, -0.2) is 0 Å². The first-order valence-electron chi connectivity index (χ1n) is 6.74. The molecule has 0 radical (unpaired) electrons. The normalized spacial score (nSPS) is 14.3. The first-order chi connectivity index (χ1) is 9.33. The Labute approximate surface area is 114 Å². The van der Waals surface area contributed by atoms with Crippen LogP contribution in [0.2, 0.25) is 0 Å². The van der Waals surface area contributed by atoms with Crippen LogP contribution in [0.3, 0.4) is 0 Å². The predicted molar refractivity (Wildman–Crippen MR) is 80.8 cm³/mol. The highest BCUT2D eigenvalue weighted by Gasteiger charge is 2.06. The van der Waals surface area contributed by atoms with Crippen molar-refractivity contribution in [1.82, 2.24) is 4.98 Å². The van der Waals surface area contributed by atoms with Gasteiger partial charge in [-0.15, -0.1) is 0 Å². The Balaban J connectivity index is 2.06. The van der Waals surface area contributed by atoms with Crippen molar-refractivity contribution < 1.29 is 0 Å². The van der Waals surface area contributed by atoms with Crippen LogP contribution < -0.4 is 0 Å². The van der Waals surface area contributed by atoms with Crippen molar-refractivity contribution in [2.24, 2.45) is 0 Å². The van der Waals surface area contributed by atoms with E-state index in [1.165, 1.54) is 16.7 Å². The zero-order valence-corrected chi connectivity index (χ0v) is 11.1. The molecule has 0 unspecified atom stereocenters. The van der Waals surface area contributed by atoms with Crippen molar-refractivity contribution in [3.05, 3.63) is 72.1 Å². The van der Waals surface area contributed by atoms with Gasteiger partial charge >= 0.3 is 0 Å². The minimum atomic E-state index is 1.07. The van der Waals surface area contributed by atoms with Gasteiger partial charge in [0.15, 0.2) is 0 Å². The molecule has 0 spiro atoms. The Morgan fingerprint density at radius 1 is 0.947 bits per heavy atom. The van der Waals surface area contributed by atoms with E-state index in [0.29, 0.717) is 0 Å². The molecule has 1 heteroatoms. The van der Waals surface area contributed by atoms with Crippen LogP contribution in [-0.2, 0) is 0 Å². The summed E-state index contributed by atoms with van der Waals surface area (Å²) in [5.74, 6) is 0. The average molecular weight is 247 g/mol. The van der Waals surface area contributed by atoms with Gasteiger partial charge in [0.2, 0.25) is 0 Å². The fourth-order valence-corrected chi connectivity index (χ4v) is 2.42. The van der Waals surface area contributed by atoms with Crippen LogP contribution in [0.5, 0.6) is 0 Å². The van der Waals surface area contributed by atoms with E-state index in [2.05, 4.69) is 66.5 Å². The zero-order valence-electron chi connectivity index (χ0n) is 11.1. The maximum absolute atomic E-state index is 4.66. The Hall–Kier alpha value is -2.15. The Bertz CT molecular complexity index is 636. The second-order valence-corrected chi connectivity index (χ2v) is 4.89. The second-order valence-electron chi connectivity index (χ2n) is 4.89. The molecule has 0 amide bonds. The van der Waals surface area contributed by atoms with Crippen molar-refractivity contribution in [2.75, 3.05) is 0 Å². The third-order valence-electron chi connectivity index (χ3n) is 3.35. The second kappa shape index (κ2) is 5.23.